The second-order valence-electron chi connectivity index (χ2n) is 6.85. The van der Waals surface area contributed by atoms with Gasteiger partial charge in [0.1, 0.15) is 0 Å². The topological polar surface area (TPSA) is 105 Å². The van der Waals surface area contributed by atoms with E-state index in [0.717, 1.165) is 40.6 Å². The third-order valence-electron chi connectivity index (χ3n) is 4.36. The van der Waals surface area contributed by atoms with Crippen LogP contribution in [0.15, 0.2) is 60.9 Å². The number of nitrogens with one attached hydrogen (secondary N) is 3. The zero-order valence-electron chi connectivity index (χ0n) is 16.2. The van der Waals surface area contributed by atoms with Crippen molar-refractivity contribution in [3.8, 4) is 16.9 Å². The molecule has 10 heteroatoms. The third kappa shape index (κ3) is 4.49. The number of benzene rings is 2. The molecule has 2 aromatic heterocycles. The summed E-state index contributed by atoms with van der Waals surface area (Å²) in [4.78, 5) is 0. The number of sulfonamides is 1. The first-order chi connectivity index (χ1) is 14.3. The van der Waals surface area contributed by atoms with Crippen LogP contribution in [0.25, 0.3) is 16.9 Å². The number of anilines is 3. The number of nitrogens with zero attached hydrogens (tertiary/aromatic N) is 3. The Morgan fingerprint density at radius 3 is 2.50 bits per heavy atom. The van der Waals surface area contributed by atoms with Gasteiger partial charge >= 0.3 is 0 Å². The van der Waals surface area contributed by atoms with Gasteiger partial charge in [-0.15, -0.1) is 0 Å². The Morgan fingerprint density at radius 2 is 1.87 bits per heavy atom. The lowest BCUT2D eigenvalue weighted by atomic mass is 10.1. The molecule has 2 aromatic carbocycles. The molecule has 0 aliphatic carbocycles. The standard InChI is InChI=1S/C20H19FN6O2S/c1-13-9-16(26-30(2,28)29)5-8-18(13)23-20-10-19(24-25-20)14-3-6-17(7-4-14)27-12-15(21)11-22-27/h3-12,26H,1-2H3,(H2,23,24,25). The summed E-state index contributed by atoms with van der Waals surface area (Å²) in [5, 5.41) is 14.4. The molecule has 3 N–H and O–H groups in total. The monoisotopic (exact) mass is 426 g/mol. The van der Waals surface area contributed by atoms with Crippen LogP contribution in [0.1, 0.15) is 5.56 Å². The molecule has 0 atom stereocenters. The van der Waals surface area contributed by atoms with Crippen LogP contribution in [0.5, 0.6) is 0 Å². The molecule has 0 bridgehead atoms. The lowest BCUT2D eigenvalue weighted by Gasteiger charge is -2.10. The van der Waals surface area contributed by atoms with Gasteiger partial charge in [-0.25, -0.2) is 17.5 Å². The summed E-state index contributed by atoms with van der Waals surface area (Å²) in [5.41, 5.74) is 4.64. The van der Waals surface area contributed by atoms with E-state index < -0.39 is 15.8 Å². The number of hydrogen-bond acceptors (Lipinski definition) is 5. The van der Waals surface area contributed by atoms with E-state index in [1.54, 1.807) is 18.2 Å². The second-order valence-corrected chi connectivity index (χ2v) is 8.59. The minimum atomic E-state index is -3.32. The maximum atomic E-state index is 13.1. The van der Waals surface area contributed by atoms with Crippen LogP contribution in [-0.4, -0.2) is 34.7 Å². The van der Waals surface area contributed by atoms with Crippen LogP contribution in [0, 0.1) is 12.7 Å². The van der Waals surface area contributed by atoms with Crippen LogP contribution in [0.3, 0.4) is 0 Å². The van der Waals surface area contributed by atoms with Crippen LogP contribution in [-0.2, 0) is 10.0 Å². The van der Waals surface area contributed by atoms with Crippen molar-refractivity contribution in [2.24, 2.45) is 0 Å². The molecule has 30 heavy (non-hydrogen) atoms. The summed E-state index contributed by atoms with van der Waals surface area (Å²) >= 11 is 0. The Hall–Kier alpha value is -3.66. The molecule has 8 nitrogen and oxygen atoms in total. The van der Waals surface area contributed by atoms with Crippen molar-refractivity contribution in [3.05, 3.63) is 72.3 Å². The quantitative estimate of drug-likeness (QED) is 0.435. The first kappa shape index (κ1) is 19.6. The van der Waals surface area contributed by atoms with E-state index in [0.29, 0.717) is 11.5 Å². The number of H-pyrrole nitrogens is 1. The van der Waals surface area contributed by atoms with E-state index in [1.165, 1.54) is 10.9 Å². The van der Waals surface area contributed by atoms with Crippen LogP contribution in [0.2, 0.25) is 0 Å². The fourth-order valence-electron chi connectivity index (χ4n) is 2.99. The average Bonchev–Trinajstić information content (AvgIpc) is 3.32. The Kier molecular flexibility index (Phi) is 5.00. The highest BCUT2D eigenvalue weighted by Crippen LogP contribution is 2.26. The summed E-state index contributed by atoms with van der Waals surface area (Å²) in [5.74, 6) is 0.230. The van der Waals surface area contributed by atoms with Gasteiger partial charge in [-0.05, 0) is 48.4 Å². The smallest absolute Gasteiger partial charge is 0.229 e. The van der Waals surface area contributed by atoms with Gasteiger partial charge in [0.05, 0.1) is 30.0 Å². The number of halogens is 1. The van der Waals surface area contributed by atoms with E-state index in [4.69, 9.17) is 0 Å². The van der Waals surface area contributed by atoms with E-state index >= 15 is 0 Å². The first-order valence-corrected chi connectivity index (χ1v) is 10.9. The molecule has 0 aliphatic heterocycles. The summed E-state index contributed by atoms with van der Waals surface area (Å²) in [6, 6.07) is 14.5. The Labute approximate surface area is 172 Å². The van der Waals surface area contributed by atoms with E-state index in [2.05, 4.69) is 25.3 Å². The molecule has 0 spiro atoms. The first-order valence-electron chi connectivity index (χ1n) is 8.99. The highest BCUT2D eigenvalue weighted by Gasteiger charge is 2.08. The van der Waals surface area contributed by atoms with Gasteiger partial charge in [0.25, 0.3) is 0 Å². The summed E-state index contributed by atoms with van der Waals surface area (Å²) < 4.78 is 39.8. The molecule has 2 heterocycles. The van der Waals surface area contributed by atoms with E-state index in [9.17, 15) is 12.8 Å². The van der Waals surface area contributed by atoms with Crippen LogP contribution >= 0.6 is 0 Å². The molecule has 0 saturated heterocycles. The number of rotatable bonds is 6. The van der Waals surface area contributed by atoms with Crippen molar-refractivity contribution >= 4 is 27.2 Å². The highest BCUT2D eigenvalue weighted by atomic mass is 32.2. The summed E-state index contributed by atoms with van der Waals surface area (Å²) in [6.45, 7) is 1.88. The van der Waals surface area contributed by atoms with Crippen molar-refractivity contribution < 1.29 is 12.8 Å². The van der Waals surface area contributed by atoms with Crippen LogP contribution < -0.4 is 10.0 Å². The van der Waals surface area contributed by atoms with E-state index in [-0.39, 0.29) is 0 Å². The Balaban J connectivity index is 1.49. The van der Waals surface area contributed by atoms with Crippen molar-refractivity contribution in [3.63, 3.8) is 0 Å². The summed E-state index contributed by atoms with van der Waals surface area (Å²) in [6.07, 6.45) is 3.58. The lowest BCUT2D eigenvalue weighted by Crippen LogP contribution is -2.09. The molecule has 0 radical (unpaired) electrons. The fraction of sp³-hybridized carbons (Fsp3) is 0.100. The molecule has 0 fully saturated rings. The molecular formula is C20H19FN6O2S. The van der Waals surface area contributed by atoms with Gasteiger partial charge < -0.3 is 5.32 Å². The van der Waals surface area contributed by atoms with Crippen molar-refractivity contribution in [1.82, 2.24) is 20.0 Å². The van der Waals surface area contributed by atoms with Gasteiger partial charge in [0.2, 0.25) is 10.0 Å². The third-order valence-corrected chi connectivity index (χ3v) is 4.97. The molecule has 0 amide bonds. The average molecular weight is 426 g/mol. The maximum Gasteiger partial charge on any atom is 0.229 e. The van der Waals surface area contributed by atoms with Gasteiger partial charge in [-0.1, -0.05) is 12.1 Å². The van der Waals surface area contributed by atoms with Gasteiger partial charge in [-0.2, -0.15) is 10.2 Å². The lowest BCUT2D eigenvalue weighted by molar-refractivity contribution is 0.607. The minimum absolute atomic E-state index is 0.390. The predicted molar refractivity (Wildman–Crippen MR) is 114 cm³/mol. The minimum Gasteiger partial charge on any atom is -0.339 e. The maximum absolute atomic E-state index is 13.1. The van der Waals surface area contributed by atoms with Gasteiger partial charge in [0.15, 0.2) is 11.6 Å². The number of aryl methyl sites for hydroxylation is 1. The molecular weight excluding hydrogens is 407 g/mol. The molecule has 0 saturated carbocycles. The molecule has 4 rings (SSSR count). The number of aromatic nitrogens is 4. The zero-order valence-corrected chi connectivity index (χ0v) is 17.0. The fourth-order valence-corrected chi connectivity index (χ4v) is 3.54. The molecule has 154 valence electrons. The van der Waals surface area contributed by atoms with Crippen molar-refractivity contribution in [2.75, 3.05) is 16.3 Å². The SMILES string of the molecule is Cc1cc(NS(C)(=O)=O)ccc1Nc1cc(-c2ccc(-n3cc(F)cn3)cc2)[nH]n1. The van der Waals surface area contributed by atoms with Gasteiger partial charge in [-0.3, -0.25) is 9.82 Å². The largest absolute Gasteiger partial charge is 0.339 e. The van der Waals surface area contributed by atoms with Gasteiger partial charge in [0, 0.05) is 17.4 Å². The molecule has 0 aliphatic rings. The normalized spacial score (nSPS) is 11.4. The molecule has 0 unspecified atom stereocenters. The summed E-state index contributed by atoms with van der Waals surface area (Å²) in [7, 11) is -3.32. The highest BCUT2D eigenvalue weighted by molar-refractivity contribution is 7.92. The van der Waals surface area contributed by atoms with E-state index in [1.807, 2.05) is 37.3 Å². The van der Waals surface area contributed by atoms with Crippen LogP contribution in [0.4, 0.5) is 21.6 Å². The predicted octanol–water partition coefficient (Wildman–Crippen LogP) is 3.83. The Morgan fingerprint density at radius 1 is 1.10 bits per heavy atom. The second kappa shape index (κ2) is 7.64. The van der Waals surface area contributed by atoms with Crippen molar-refractivity contribution in [2.45, 2.75) is 6.92 Å². The zero-order chi connectivity index (χ0) is 21.3. The Bertz CT molecular complexity index is 1300. The van der Waals surface area contributed by atoms with Crippen molar-refractivity contribution in [1.29, 1.82) is 0 Å². The molecule has 4 aromatic rings. The number of hydrogen-bond donors (Lipinski definition) is 3. The number of aromatic amines is 1.